The molecule has 0 atom stereocenters. The number of hydrogen-bond acceptors (Lipinski definition) is 8. The molecule has 0 fully saturated rings. The van der Waals surface area contributed by atoms with Crippen molar-refractivity contribution in [3.8, 4) is 22.6 Å². The molecule has 0 bridgehead atoms. The average Bonchev–Trinajstić information content (AvgIpc) is 3.15. The van der Waals surface area contributed by atoms with E-state index in [0.717, 1.165) is 27.1 Å². The van der Waals surface area contributed by atoms with Crippen molar-refractivity contribution in [1.29, 1.82) is 0 Å². The second kappa shape index (κ2) is 7.72. The Labute approximate surface area is 169 Å². The van der Waals surface area contributed by atoms with Gasteiger partial charge in [-0.25, -0.2) is 9.97 Å². The van der Waals surface area contributed by atoms with Crippen molar-refractivity contribution < 1.29 is 14.8 Å². The van der Waals surface area contributed by atoms with Crippen LogP contribution in [0.1, 0.15) is 6.92 Å². The quantitative estimate of drug-likeness (QED) is 0.259. The lowest BCUT2D eigenvalue weighted by Gasteiger charge is -2.10. The van der Waals surface area contributed by atoms with Gasteiger partial charge in [0.2, 0.25) is 0 Å². The molecule has 146 valence electrons. The number of ether oxygens (including phenoxy) is 1. The standard InChI is InChI=1S/C20H16N4O4S/c1-2-28-14-6-3-12(4-7-14)15-10-29-20-18(15)19(21-11-22-20)23-16-9-13(24(26)27)5-8-17(16)25/h3-11,25H,2H2,1H3,(H,21,22,23). The number of anilines is 2. The number of phenols is 1. The summed E-state index contributed by atoms with van der Waals surface area (Å²) in [4.78, 5) is 19.9. The van der Waals surface area contributed by atoms with E-state index >= 15 is 0 Å². The summed E-state index contributed by atoms with van der Waals surface area (Å²) in [7, 11) is 0. The third-order valence-corrected chi connectivity index (χ3v) is 5.18. The van der Waals surface area contributed by atoms with E-state index in [1.165, 1.54) is 35.9 Å². The lowest BCUT2D eigenvalue weighted by atomic mass is 10.1. The first kappa shape index (κ1) is 18.6. The summed E-state index contributed by atoms with van der Waals surface area (Å²) >= 11 is 1.47. The van der Waals surface area contributed by atoms with E-state index in [0.29, 0.717) is 12.4 Å². The number of non-ortho nitro benzene ring substituents is 1. The summed E-state index contributed by atoms with van der Waals surface area (Å²) in [6.07, 6.45) is 1.41. The van der Waals surface area contributed by atoms with Crippen LogP contribution in [0.25, 0.3) is 21.3 Å². The minimum Gasteiger partial charge on any atom is -0.506 e. The van der Waals surface area contributed by atoms with Crippen LogP contribution in [0.4, 0.5) is 17.2 Å². The van der Waals surface area contributed by atoms with Gasteiger partial charge in [0, 0.05) is 23.1 Å². The molecule has 0 aliphatic rings. The van der Waals surface area contributed by atoms with Gasteiger partial charge in [-0.2, -0.15) is 0 Å². The van der Waals surface area contributed by atoms with Gasteiger partial charge in [-0.3, -0.25) is 10.1 Å². The molecule has 9 heteroatoms. The molecule has 0 spiro atoms. The molecule has 0 saturated carbocycles. The Hall–Kier alpha value is -3.72. The maximum absolute atomic E-state index is 11.1. The van der Waals surface area contributed by atoms with Crippen molar-refractivity contribution in [2.75, 3.05) is 11.9 Å². The average molecular weight is 408 g/mol. The predicted molar refractivity (Wildman–Crippen MR) is 112 cm³/mol. The number of aromatic nitrogens is 2. The van der Waals surface area contributed by atoms with E-state index in [-0.39, 0.29) is 17.1 Å². The Bertz CT molecular complexity index is 1190. The number of fused-ring (bicyclic) bond motifs is 1. The summed E-state index contributed by atoms with van der Waals surface area (Å²) in [5, 5.41) is 27.0. The van der Waals surface area contributed by atoms with Crippen molar-refractivity contribution in [3.05, 3.63) is 64.3 Å². The Balaban J connectivity index is 1.78. The Morgan fingerprint density at radius 1 is 1.21 bits per heavy atom. The normalized spacial score (nSPS) is 10.8. The summed E-state index contributed by atoms with van der Waals surface area (Å²) in [6.45, 7) is 2.52. The summed E-state index contributed by atoms with van der Waals surface area (Å²) in [5.74, 6) is 1.13. The third-order valence-electron chi connectivity index (χ3n) is 4.29. The largest absolute Gasteiger partial charge is 0.506 e. The highest BCUT2D eigenvalue weighted by atomic mass is 32.1. The Kier molecular flexibility index (Phi) is 4.96. The smallest absolute Gasteiger partial charge is 0.271 e. The summed E-state index contributed by atoms with van der Waals surface area (Å²) in [5.41, 5.74) is 1.94. The summed E-state index contributed by atoms with van der Waals surface area (Å²) < 4.78 is 5.49. The van der Waals surface area contributed by atoms with Crippen molar-refractivity contribution in [1.82, 2.24) is 9.97 Å². The zero-order valence-corrected chi connectivity index (χ0v) is 16.1. The first-order chi connectivity index (χ1) is 14.1. The van der Waals surface area contributed by atoms with Crippen molar-refractivity contribution in [2.24, 2.45) is 0 Å². The number of nitro groups is 1. The molecule has 0 saturated heterocycles. The number of nitro benzene ring substituents is 1. The van der Waals surface area contributed by atoms with Gasteiger partial charge in [-0.05, 0) is 30.7 Å². The van der Waals surface area contributed by atoms with Crippen LogP contribution in [-0.4, -0.2) is 26.6 Å². The van der Waals surface area contributed by atoms with Crippen molar-refractivity contribution in [3.63, 3.8) is 0 Å². The van der Waals surface area contributed by atoms with E-state index in [1.54, 1.807) is 0 Å². The molecule has 0 radical (unpaired) electrons. The number of thiophene rings is 1. The van der Waals surface area contributed by atoms with Gasteiger partial charge in [0.15, 0.2) is 0 Å². The number of phenolic OH excluding ortho intramolecular Hbond substituents is 1. The van der Waals surface area contributed by atoms with Gasteiger partial charge in [-0.1, -0.05) is 12.1 Å². The van der Waals surface area contributed by atoms with Crippen molar-refractivity contribution >= 4 is 38.7 Å². The second-order valence-electron chi connectivity index (χ2n) is 6.09. The van der Waals surface area contributed by atoms with Crippen molar-refractivity contribution in [2.45, 2.75) is 6.92 Å². The zero-order chi connectivity index (χ0) is 20.4. The van der Waals surface area contributed by atoms with Gasteiger partial charge in [-0.15, -0.1) is 11.3 Å². The number of benzene rings is 2. The number of nitrogens with one attached hydrogen (secondary N) is 1. The van der Waals surface area contributed by atoms with Crippen LogP contribution in [0.2, 0.25) is 0 Å². The van der Waals surface area contributed by atoms with Crippen LogP contribution in [-0.2, 0) is 0 Å². The molecule has 0 amide bonds. The minimum absolute atomic E-state index is 0.111. The summed E-state index contributed by atoms with van der Waals surface area (Å²) in [6, 6.07) is 11.5. The monoisotopic (exact) mass is 408 g/mol. The van der Waals surface area contributed by atoms with Crippen LogP contribution in [0.3, 0.4) is 0 Å². The SMILES string of the molecule is CCOc1ccc(-c2csc3ncnc(Nc4cc([N+](=O)[O-])ccc4O)c23)cc1. The van der Waals surface area contributed by atoms with E-state index in [9.17, 15) is 15.2 Å². The molecule has 4 rings (SSSR count). The molecular weight excluding hydrogens is 392 g/mol. The van der Waals surface area contributed by atoms with Gasteiger partial charge in [0.05, 0.1) is 22.6 Å². The predicted octanol–water partition coefficient (Wildman–Crippen LogP) is 5.11. The topological polar surface area (TPSA) is 110 Å². The molecule has 2 aromatic carbocycles. The van der Waals surface area contributed by atoms with Gasteiger partial charge >= 0.3 is 0 Å². The molecule has 8 nitrogen and oxygen atoms in total. The first-order valence-electron chi connectivity index (χ1n) is 8.76. The fraction of sp³-hybridized carbons (Fsp3) is 0.100. The van der Waals surface area contributed by atoms with Gasteiger partial charge in [0.25, 0.3) is 5.69 Å². The van der Waals surface area contributed by atoms with Gasteiger partial charge < -0.3 is 15.2 Å². The number of nitrogens with zero attached hydrogens (tertiary/aromatic N) is 3. The molecular formula is C20H16N4O4S. The van der Waals surface area contributed by atoms with E-state index in [4.69, 9.17) is 4.74 Å². The van der Waals surface area contributed by atoms with Gasteiger partial charge in [0.1, 0.15) is 28.5 Å². The van der Waals surface area contributed by atoms with Crippen LogP contribution in [0, 0.1) is 10.1 Å². The third kappa shape index (κ3) is 3.67. The van der Waals surface area contributed by atoms with Crippen LogP contribution < -0.4 is 10.1 Å². The molecule has 29 heavy (non-hydrogen) atoms. The molecule has 0 aliphatic carbocycles. The number of aromatic hydroxyl groups is 1. The molecule has 4 aromatic rings. The van der Waals surface area contributed by atoms with E-state index in [2.05, 4.69) is 15.3 Å². The minimum atomic E-state index is -0.518. The first-order valence-corrected chi connectivity index (χ1v) is 9.64. The van der Waals surface area contributed by atoms with E-state index in [1.807, 2.05) is 36.6 Å². The van der Waals surface area contributed by atoms with Crippen LogP contribution >= 0.6 is 11.3 Å². The molecule has 2 aromatic heterocycles. The van der Waals surface area contributed by atoms with Crippen LogP contribution in [0.15, 0.2) is 54.2 Å². The van der Waals surface area contributed by atoms with Crippen LogP contribution in [0.5, 0.6) is 11.5 Å². The molecule has 0 aliphatic heterocycles. The van der Waals surface area contributed by atoms with E-state index < -0.39 is 4.92 Å². The molecule has 2 heterocycles. The Morgan fingerprint density at radius 2 is 2.00 bits per heavy atom. The number of hydrogen-bond donors (Lipinski definition) is 2. The maximum atomic E-state index is 11.1. The molecule has 0 unspecified atom stereocenters. The second-order valence-corrected chi connectivity index (χ2v) is 6.95. The highest BCUT2D eigenvalue weighted by molar-refractivity contribution is 7.17. The zero-order valence-electron chi connectivity index (χ0n) is 15.3. The fourth-order valence-corrected chi connectivity index (χ4v) is 3.86. The molecule has 2 N–H and O–H groups in total. The number of rotatable bonds is 6. The fourth-order valence-electron chi connectivity index (χ4n) is 2.95. The maximum Gasteiger partial charge on any atom is 0.271 e. The lowest BCUT2D eigenvalue weighted by Crippen LogP contribution is -1.97. The Morgan fingerprint density at radius 3 is 2.72 bits per heavy atom. The highest BCUT2D eigenvalue weighted by Crippen LogP contribution is 2.39. The lowest BCUT2D eigenvalue weighted by molar-refractivity contribution is -0.384. The highest BCUT2D eigenvalue weighted by Gasteiger charge is 2.16.